The van der Waals surface area contributed by atoms with Crippen molar-refractivity contribution in [3.05, 3.63) is 90.0 Å². The average molecular weight is 505 g/mol. The van der Waals surface area contributed by atoms with Gasteiger partial charge in [0.15, 0.2) is 6.61 Å². The van der Waals surface area contributed by atoms with E-state index < -0.39 is 6.04 Å². The van der Waals surface area contributed by atoms with Gasteiger partial charge in [0, 0.05) is 37.7 Å². The Bertz CT molecular complexity index is 1100. The molecule has 0 saturated carbocycles. The molecule has 196 valence electrons. The lowest BCUT2D eigenvalue weighted by atomic mass is 10.0. The molecule has 3 aromatic rings. The van der Waals surface area contributed by atoms with Crippen LogP contribution in [0, 0.1) is 0 Å². The van der Waals surface area contributed by atoms with Crippen molar-refractivity contribution in [3.8, 4) is 17.2 Å². The predicted molar refractivity (Wildman–Crippen MR) is 144 cm³/mol. The summed E-state index contributed by atoms with van der Waals surface area (Å²) in [6.07, 6.45) is 2.23. The molecular formula is C30H36N2O5. The minimum Gasteiger partial charge on any atom is -0.496 e. The molecule has 7 heteroatoms. The van der Waals surface area contributed by atoms with Crippen molar-refractivity contribution >= 4 is 11.8 Å². The molecule has 0 fully saturated rings. The van der Waals surface area contributed by atoms with Gasteiger partial charge in [-0.2, -0.15) is 0 Å². The summed E-state index contributed by atoms with van der Waals surface area (Å²) >= 11 is 0. The topological polar surface area (TPSA) is 77.1 Å². The number of nitrogens with zero attached hydrogens (tertiary/aromatic N) is 1. The first kappa shape index (κ1) is 27.6. The third-order valence-electron chi connectivity index (χ3n) is 5.98. The summed E-state index contributed by atoms with van der Waals surface area (Å²) in [6, 6.07) is 23.8. The molecule has 3 aromatic carbocycles. The number of carbonyl (C=O) groups is 2. The van der Waals surface area contributed by atoms with Gasteiger partial charge < -0.3 is 24.4 Å². The number of ether oxygens (including phenoxy) is 3. The second-order valence-corrected chi connectivity index (χ2v) is 8.69. The molecule has 0 radical (unpaired) electrons. The first-order chi connectivity index (χ1) is 18.0. The Morgan fingerprint density at radius 2 is 1.41 bits per heavy atom. The van der Waals surface area contributed by atoms with Crippen molar-refractivity contribution in [2.45, 2.75) is 38.8 Å². The van der Waals surface area contributed by atoms with E-state index in [2.05, 4.69) is 12.2 Å². The highest BCUT2D eigenvalue weighted by Crippen LogP contribution is 2.27. The van der Waals surface area contributed by atoms with Crippen LogP contribution in [0.2, 0.25) is 0 Å². The van der Waals surface area contributed by atoms with Gasteiger partial charge in [-0.1, -0.05) is 74.0 Å². The van der Waals surface area contributed by atoms with Gasteiger partial charge in [0.2, 0.25) is 5.91 Å². The van der Waals surface area contributed by atoms with Crippen LogP contribution in [0.5, 0.6) is 17.2 Å². The number of hydrogen-bond donors (Lipinski definition) is 1. The van der Waals surface area contributed by atoms with Crippen LogP contribution in [0.25, 0.3) is 0 Å². The number of hydrogen-bond acceptors (Lipinski definition) is 5. The quantitative estimate of drug-likeness (QED) is 0.324. The summed E-state index contributed by atoms with van der Waals surface area (Å²) in [5, 5.41) is 3.02. The standard InChI is InChI=1S/C30H36N2O5/c1-4-5-16-31-30(34)28(17-23-12-8-6-9-13-23)32(21-24-14-10-7-11-15-24)29(33)22-37-27-19-25(35-2)18-26(20-27)36-3/h6-15,18-20,28H,4-5,16-17,21-22H2,1-3H3,(H,31,34). The Balaban J connectivity index is 1.87. The molecule has 2 amide bonds. The highest BCUT2D eigenvalue weighted by Gasteiger charge is 2.30. The molecule has 0 aliphatic rings. The van der Waals surface area contributed by atoms with Crippen LogP contribution in [0.4, 0.5) is 0 Å². The average Bonchev–Trinajstić information content (AvgIpc) is 2.94. The molecule has 1 atom stereocenters. The Labute approximate surface area is 219 Å². The highest BCUT2D eigenvalue weighted by molar-refractivity contribution is 5.88. The molecule has 37 heavy (non-hydrogen) atoms. The fourth-order valence-electron chi connectivity index (χ4n) is 3.93. The van der Waals surface area contributed by atoms with Crippen molar-refractivity contribution in [2.75, 3.05) is 27.4 Å². The van der Waals surface area contributed by atoms with E-state index in [1.165, 1.54) is 0 Å². The maximum Gasteiger partial charge on any atom is 0.261 e. The minimum absolute atomic E-state index is 0.176. The van der Waals surface area contributed by atoms with E-state index in [0.717, 1.165) is 24.0 Å². The SMILES string of the molecule is CCCCNC(=O)C(Cc1ccccc1)N(Cc1ccccc1)C(=O)COc1cc(OC)cc(OC)c1. The molecular weight excluding hydrogens is 468 g/mol. The molecule has 1 N–H and O–H groups in total. The Morgan fingerprint density at radius 3 is 1.97 bits per heavy atom. The van der Waals surface area contributed by atoms with Crippen molar-refractivity contribution in [1.82, 2.24) is 10.2 Å². The van der Waals surface area contributed by atoms with Crippen LogP contribution in [0.1, 0.15) is 30.9 Å². The first-order valence-electron chi connectivity index (χ1n) is 12.5. The van der Waals surface area contributed by atoms with Crippen LogP contribution in [0.15, 0.2) is 78.9 Å². The highest BCUT2D eigenvalue weighted by atomic mass is 16.5. The van der Waals surface area contributed by atoms with E-state index >= 15 is 0 Å². The Morgan fingerprint density at radius 1 is 0.838 bits per heavy atom. The molecule has 0 spiro atoms. The smallest absolute Gasteiger partial charge is 0.261 e. The zero-order chi connectivity index (χ0) is 26.5. The fraction of sp³-hybridized carbons (Fsp3) is 0.333. The summed E-state index contributed by atoms with van der Waals surface area (Å²) in [5.74, 6) is 1.08. The molecule has 0 aliphatic carbocycles. The van der Waals surface area contributed by atoms with Gasteiger partial charge in [-0.3, -0.25) is 9.59 Å². The van der Waals surface area contributed by atoms with E-state index in [-0.39, 0.29) is 25.0 Å². The summed E-state index contributed by atoms with van der Waals surface area (Å²) in [6.45, 7) is 2.68. The largest absolute Gasteiger partial charge is 0.496 e. The zero-order valence-corrected chi connectivity index (χ0v) is 21.8. The van der Waals surface area contributed by atoms with Crippen molar-refractivity contribution < 1.29 is 23.8 Å². The van der Waals surface area contributed by atoms with E-state index in [1.807, 2.05) is 60.7 Å². The molecule has 3 rings (SSSR count). The monoisotopic (exact) mass is 504 g/mol. The molecule has 1 unspecified atom stereocenters. The predicted octanol–water partition coefficient (Wildman–Crippen LogP) is 4.64. The number of carbonyl (C=O) groups excluding carboxylic acids is 2. The number of nitrogens with one attached hydrogen (secondary N) is 1. The van der Waals surface area contributed by atoms with E-state index in [4.69, 9.17) is 14.2 Å². The molecule has 0 heterocycles. The normalized spacial score (nSPS) is 11.3. The van der Waals surface area contributed by atoms with Gasteiger partial charge in [0.25, 0.3) is 5.91 Å². The number of unbranched alkanes of at least 4 members (excludes halogenated alkanes) is 1. The van der Waals surface area contributed by atoms with Gasteiger partial charge >= 0.3 is 0 Å². The van der Waals surface area contributed by atoms with E-state index in [9.17, 15) is 9.59 Å². The number of benzene rings is 3. The zero-order valence-electron chi connectivity index (χ0n) is 21.8. The Hall–Kier alpha value is -4.00. The van der Waals surface area contributed by atoms with Gasteiger partial charge in [0.05, 0.1) is 14.2 Å². The fourth-order valence-corrected chi connectivity index (χ4v) is 3.93. The minimum atomic E-state index is -0.699. The maximum absolute atomic E-state index is 13.7. The van der Waals surface area contributed by atoms with Gasteiger partial charge in [0.1, 0.15) is 23.3 Å². The van der Waals surface area contributed by atoms with E-state index in [1.54, 1.807) is 37.3 Å². The summed E-state index contributed by atoms with van der Waals surface area (Å²) in [5.41, 5.74) is 1.90. The maximum atomic E-state index is 13.7. The van der Waals surface area contributed by atoms with Crippen LogP contribution in [0.3, 0.4) is 0 Å². The number of rotatable bonds is 14. The number of methoxy groups -OCH3 is 2. The van der Waals surface area contributed by atoms with Crippen molar-refractivity contribution in [3.63, 3.8) is 0 Å². The van der Waals surface area contributed by atoms with Gasteiger partial charge in [-0.05, 0) is 17.5 Å². The molecule has 0 saturated heterocycles. The lowest BCUT2D eigenvalue weighted by molar-refractivity contribution is -0.142. The molecule has 7 nitrogen and oxygen atoms in total. The van der Waals surface area contributed by atoms with Crippen molar-refractivity contribution in [2.24, 2.45) is 0 Å². The van der Waals surface area contributed by atoms with Crippen LogP contribution in [-0.4, -0.2) is 50.1 Å². The van der Waals surface area contributed by atoms with Gasteiger partial charge in [-0.25, -0.2) is 0 Å². The second-order valence-electron chi connectivity index (χ2n) is 8.69. The summed E-state index contributed by atoms with van der Waals surface area (Å²) in [7, 11) is 3.10. The van der Waals surface area contributed by atoms with Crippen LogP contribution >= 0.6 is 0 Å². The molecule has 0 bridgehead atoms. The summed E-state index contributed by atoms with van der Waals surface area (Å²) < 4.78 is 16.5. The van der Waals surface area contributed by atoms with Crippen LogP contribution in [-0.2, 0) is 22.6 Å². The lowest BCUT2D eigenvalue weighted by Crippen LogP contribution is -2.51. The summed E-state index contributed by atoms with van der Waals surface area (Å²) in [4.78, 5) is 28.7. The number of amides is 2. The van der Waals surface area contributed by atoms with Crippen molar-refractivity contribution in [1.29, 1.82) is 0 Å². The first-order valence-corrected chi connectivity index (χ1v) is 12.5. The van der Waals surface area contributed by atoms with Gasteiger partial charge in [-0.15, -0.1) is 0 Å². The Kier molecular flexibility index (Phi) is 10.8. The molecule has 0 aromatic heterocycles. The van der Waals surface area contributed by atoms with E-state index in [0.29, 0.717) is 30.2 Å². The lowest BCUT2D eigenvalue weighted by Gasteiger charge is -2.31. The van der Waals surface area contributed by atoms with Crippen LogP contribution < -0.4 is 19.5 Å². The molecule has 0 aliphatic heterocycles. The third kappa shape index (κ3) is 8.56. The second kappa shape index (κ2) is 14.5. The third-order valence-corrected chi connectivity index (χ3v) is 5.98.